The highest BCUT2D eigenvalue weighted by atomic mass is 16.5. The molecule has 0 spiro atoms. The Balaban J connectivity index is 2.33. The third kappa shape index (κ3) is 1.99. The van der Waals surface area contributed by atoms with E-state index in [1.807, 2.05) is 6.92 Å². The van der Waals surface area contributed by atoms with Crippen LogP contribution in [0.5, 0.6) is 0 Å². The molecule has 0 aliphatic rings. The quantitative estimate of drug-likeness (QED) is 0.785. The van der Waals surface area contributed by atoms with Crippen LogP contribution in [0.2, 0.25) is 0 Å². The Hall–Kier alpha value is -1.82. The highest BCUT2D eigenvalue weighted by Gasteiger charge is 2.13. The molecule has 0 saturated carbocycles. The molecule has 6 nitrogen and oxygen atoms in total. The lowest BCUT2D eigenvalue weighted by atomic mass is 10.4. The molecule has 2 rings (SSSR count). The fourth-order valence-corrected chi connectivity index (χ4v) is 1.00. The molecule has 1 N–H and O–H groups in total. The first-order valence-electron chi connectivity index (χ1n) is 4.47. The molecule has 0 aromatic carbocycles. The van der Waals surface area contributed by atoms with Gasteiger partial charge in [0.25, 0.3) is 5.89 Å². The second kappa shape index (κ2) is 3.74. The maximum Gasteiger partial charge on any atom is 0.255 e. The molecule has 0 unspecified atom stereocenters. The standard InChI is InChI=1S/C9H10N4O2/c1-5-3-10-7(11-4-5)8-12-9(6(2)14)15-13-8/h3-4,6,14H,1-2H3/t6-/m0/s1. The number of aliphatic hydroxyl groups is 1. The molecule has 0 radical (unpaired) electrons. The molecule has 1 atom stereocenters. The lowest BCUT2D eigenvalue weighted by Crippen LogP contribution is -1.93. The van der Waals surface area contributed by atoms with E-state index in [4.69, 9.17) is 4.52 Å². The van der Waals surface area contributed by atoms with E-state index in [1.165, 1.54) is 0 Å². The summed E-state index contributed by atoms with van der Waals surface area (Å²) in [4.78, 5) is 12.0. The van der Waals surface area contributed by atoms with Crippen LogP contribution >= 0.6 is 0 Å². The van der Waals surface area contributed by atoms with Gasteiger partial charge < -0.3 is 9.63 Å². The van der Waals surface area contributed by atoms with Crippen molar-refractivity contribution in [3.63, 3.8) is 0 Å². The third-order valence-corrected chi connectivity index (χ3v) is 1.78. The number of nitrogens with zero attached hydrogens (tertiary/aromatic N) is 4. The molecule has 2 aromatic heterocycles. The van der Waals surface area contributed by atoms with Crippen molar-refractivity contribution in [1.29, 1.82) is 0 Å². The fraction of sp³-hybridized carbons (Fsp3) is 0.333. The molecule has 2 heterocycles. The van der Waals surface area contributed by atoms with Crippen molar-refractivity contribution in [3.05, 3.63) is 23.8 Å². The summed E-state index contributed by atoms with van der Waals surface area (Å²) in [6.45, 7) is 3.44. The van der Waals surface area contributed by atoms with Crippen molar-refractivity contribution in [1.82, 2.24) is 20.1 Å². The molecule has 15 heavy (non-hydrogen) atoms. The first kappa shape index (κ1) is 9.72. The molecule has 6 heteroatoms. The molecule has 0 fully saturated rings. The molecule has 0 bridgehead atoms. The summed E-state index contributed by atoms with van der Waals surface area (Å²) in [6, 6.07) is 0. The minimum atomic E-state index is -0.781. The lowest BCUT2D eigenvalue weighted by Gasteiger charge is -1.93. The molecular weight excluding hydrogens is 196 g/mol. The Bertz CT molecular complexity index is 449. The summed E-state index contributed by atoms with van der Waals surface area (Å²) in [6.07, 6.45) is 2.55. The minimum Gasteiger partial charge on any atom is -0.384 e. The van der Waals surface area contributed by atoms with Crippen LogP contribution in [0.3, 0.4) is 0 Å². The van der Waals surface area contributed by atoms with E-state index < -0.39 is 6.10 Å². The van der Waals surface area contributed by atoms with Crippen molar-refractivity contribution in [2.24, 2.45) is 0 Å². The average molecular weight is 206 g/mol. The van der Waals surface area contributed by atoms with E-state index in [-0.39, 0.29) is 11.7 Å². The Morgan fingerprint density at radius 1 is 1.27 bits per heavy atom. The minimum absolute atomic E-state index is 0.161. The van der Waals surface area contributed by atoms with Crippen molar-refractivity contribution in [2.75, 3.05) is 0 Å². The SMILES string of the molecule is Cc1cnc(-c2noc([C@H](C)O)n2)nc1. The summed E-state index contributed by atoms with van der Waals surface area (Å²) in [5, 5.41) is 12.9. The fourth-order valence-electron chi connectivity index (χ4n) is 1.00. The summed E-state index contributed by atoms with van der Waals surface area (Å²) in [5.41, 5.74) is 0.956. The summed E-state index contributed by atoms with van der Waals surface area (Å²) < 4.78 is 4.82. The van der Waals surface area contributed by atoms with E-state index in [1.54, 1.807) is 19.3 Å². The second-order valence-corrected chi connectivity index (χ2v) is 3.22. The Morgan fingerprint density at radius 3 is 2.47 bits per heavy atom. The van der Waals surface area contributed by atoms with Crippen LogP contribution in [0.4, 0.5) is 0 Å². The van der Waals surface area contributed by atoms with Gasteiger partial charge in [-0.05, 0) is 19.4 Å². The van der Waals surface area contributed by atoms with Crippen LogP contribution in [-0.2, 0) is 0 Å². The number of aromatic nitrogens is 4. The van der Waals surface area contributed by atoms with Gasteiger partial charge in [-0.1, -0.05) is 5.16 Å². The number of rotatable bonds is 2. The highest BCUT2D eigenvalue weighted by Crippen LogP contribution is 2.14. The van der Waals surface area contributed by atoms with E-state index in [0.29, 0.717) is 5.82 Å². The Morgan fingerprint density at radius 2 is 1.93 bits per heavy atom. The van der Waals surface area contributed by atoms with Gasteiger partial charge in [0.2, 0.25) is 11.6 Å². The van der Waals surface area contributed by atoms with Gasteiger partial charge in [0.15, 0.2) is 0 Å². The molecular formula is C9H10N4O2. The largest absolute Gasteiger partial charge is 0.384 e. The molecule has 0 saturated heterocycles. The zero-order chi connectivity index (χ0) is 10.8. The van der Waals surface area contributed by atoms with E-state index in [0.717, 1.165) is 5.56 Å². The second-order valence-electron chi connectivity index (χ2n) is 3.22. The van der Waals surface area contributed by atoms with Crippen LogP contribution in [-0.4, -0.2) is 25.2 Å². The van der Waals surface area contributed by atoms with E-state index >= 15 is 0 Å². The first-order valence-corrected chi connectivity index (χ1v) is 4.47. The monoisotopic (exact) mass is 206 g/mol. The van der Waals surface area contributed by atoms with E-state index in [2.05, 4.69) is 20.1 Å². The lowest BCUT2D eigenvalue weighted by molar-refractivity contribution is 0.152. The van der Waals surface area contributed by atoms with Crippen LogP contribution < -0.4 is 0 Å². The predicted molar refractivity (Wildman–Crippen MR) is 50.7 cm³/mol. The Labute approximate surface area is 86.0 Å². The number of hydrogen-bond acceptors (Lipinski definition) is 6. The number of hydrogen-bond donors (Lipinski definition) is 1. The Kier molecular flexibility index (Phi) is 2.42. The zero-order valence-electron chi connectivity index (χ0n) is 8.38. The highest BCUT2D eigenvalue weighted by molar-refractivity contribution is 5.40. The maximum atomic E-state index is 9.19. The van der Waals surface area contributed by atoms with Gasteiger partial charge in [-0.3, -0.25) is 0 Å². The van der Waals surface area contributed by atoms with Gasteiger partial charge in [0.1, 0.15) is 6.10 Å². The van der Waals surface area contributed by atoms with Gasteiger partial charge in [-0.25, -0.2) is 9.97 Å². The van der Waals surface area contributed by atoms with Gasteiger partial charge in [-0.15, -0.1) is 0 Å². The molecule has 0 aliphatic heterocycles. The van der Waals surface area contributed by atoms with Gasteiger partial charge in [-0.2, -0.15) is 4.98 Å². The molecule has 0 amide bonds. The normalized spacial score (nSPS) is 12.7. The van der Waals surface area contributed by atoms with Crippen LogP contribution in [0, 0.1) is 6.92 Å². The van der Waals surface area contributed by atoms with Gasteiger partial charge in [0.05, 0.1) is 0 Å². The summed E-state index contributed by atoms with van der Waals surface area (Å²) in [5.74, 6) is 0.830. The molecule has 0 aliphatic carbocycles. The van der Waals surface area contributed by atoms with E-state index in [9.17, 15) is 5.11 Å². The van der Waals surface area contributed by atoms with Gasteiger partial charge >= 0.3 is 0 Å². The predicted octanol–water partition coefficient (Wildman–Crippen LogP) is 0.888. The maximum absolute atomic E-state index is 9.19. The smallest absolute Gasteiger partial charge is 0.255 e. The summed E-state index contributed by atoms with van der Waals surface area (Å²) >= 11 is 0. The van der Waals surface area contributed by atoms with Gasteiger partial charge in [0, 0.05) is 12.4 Å². The van der Waals surface area contributed by atoms with Crippen molar-refractivity contribution >= 4 is 0 Å². The average Bonchev–Trinajstić information content (AvgIpc) is 2.68. The van der Waals surface area contributed by atoms with Crippen molar-refractivity contribution in [2.45, 2.75) is 20.0 Å². The van der Waals surface area contributed by atoms with Crippen LogP contribution in [0.15, 0.2) is 16.9 Å². The number of aliphatic hydroxyl groups excluding tert-OH is 1. The zero-order valence-corrected chi connectivity index (χ0v) is 8.38. The third-order valence-electron chi connectivity index (χ3n) is 1.78. The summed E-state index contributed by atoms with van der Waals surface area (Å²) in [7, 11) is 0. The van der Waals surface area contributed by atoms with Crippen LogP contribution in [0.1, 0.15) is 24.5 Å². The topological polar surface area (TPSA) is 84.9 Å². The van der Waals surface area contributed by atoms with Crippen LogP contribution in [0.25, 0.3) is 11.6 Å². The first-order chi connectivity index (χ1) is 7.16. The molecule has 78 valence electrons. The van der Waals surface area contributed by atoms with Crippen molar-refractivity contribution in [3.8, 4) is 11.6 Å². The van der Waals surface area contributed by atoms with Crippen molar-refractivity contribution < 1.29 is 9.63 Å². The molecule has 2 aromatic rings. The number of aryl methyl sites for hydroxylation is 1.